The second kappa shape index (κ2) is 9.06. The van der Waals surface area contributed by atoms with E-state index in [4.69, 9.17) is 0 Å². The van der Waals surface area contributed by atoms with Crippen molar-refractivity contribution in [2.45, 2.75) is 26.4 Å². The number of rotatable bonds is 3. The van der Waals surface area contributed by atoms with E-state index in [0.717, 1.165) is 12.8 Å². The zero-order chi connectivity index (χ0) is 21.0. The monoisotopic (exact) mass is 410 g/mol. The Labute approximate surface area is 167 Å². The summed E-state index contributed by atoms with van der Waals surface area (Å²) in [5.41, 5.74) is 0.766. The van der Waals surface area contributed by atoms with Crippen LogP contribution in [-0.2, 0) is 9.59 Å². The Morgan fingerprint density at radius 2 is 1.48 bits per heavy atom. The highest BCUT2D eigenvalue weighted by Gasteiger charge is 2.32. The topological polar surface area (TPSA) is 82.2 Å². The van der Waals surface area contributed by atoms with E-state index in [1.807, 2.05) is 0 Å². The third kappa shape index (κ3) is 4.93. The number of benzene rings is 1. The number of hydrogen-bond donors (Lipinski definition) is 1. The van der Waals surface area contributed by atoms with Crippen molar-refractivity contribution >= 4 is 23.5 Å². The van der Waals surface area contributed by atoms with Crippen LogP contribution < -0.4 is 10.1 Å². The molecule has 0 aromatic heterocycles. The number of carbonyl (C=O) groups excluding carboxylic acids is 3. The van der Waals surface area contributed by atoms with Gasteiger partial charge in [-0.3, -0.25) is 9.59 Å². The van der Waals surface area contributed by atoms with Crippen LogP contribution in [0.2, 0.25) is 0 Å². The average molecular weight is 410 g/mol. The number of likely N-dealkylation sites (tertiary alicyclic amines) is 1. The van der Waals surface area contributed by atoms with E-state index in [9.17, 15) is 23.2 Å². The molecule has 0 atom stereocenters. The summed E-state index contributed by atoms with van der Waals surface area (Å²) in [6.07, 6.45) is 1.81. The fourth-order valence-corrected chi connectivity index (χ4v) is 3.48. The number of anilines is 1. The van der Waals surface area contributed by atoms with Crippen molar-refractivity contribution < 1.29 is 27.9 Å². The third-order valence-electron chi connectivity index (χ3n) is 5.11. The molecular formula is C19H24F2N4O4. The van der Waals surface area contributed by atoms with E-state index in [1.165, 1.54) is 15.9 Å². The normalized spacial score (nSPS) is 16.9. The molecular weight excluding hydrogens is 386 g/mol. The number of amides is 4. The number of para-hydroxylation sites is 1. The van der Waals surface area contributed by atoms with Crippen molar-refractivity contribution in [1.29, 1.82) is 0 Å². The van der Waals surface area contributed by atoms with Gasteiger partial charge in [0.1, 0.15) is 5.75 Å². The number of ether oxygens (including phenoxy) is 1. The van der Waals surface area contributed by atoms with Gasteiger partial charge in [-0.2, -0.15) is 8.78 Å². The number of nitrogens with zero attached hydrogens (tertiary/aromatic N) is 3. The fraction of sp³-hybridized carbons (Fsp3) is 0.526. The molecule has 8 nitrogen and oxygen atoms in total. The maximum Gasteiger partial charge on any atom is 0.387 e. The molecule has 1 aromatic rings. The highest BCUT2D eigenvalue weighted by atomic mass is 19.3. The molecule has 2 aliphatic rings. The van der Waals surface area contributed by atoms with Crippen LogP contribution >= 0.6 is 0 Å². The number of alkyl halides is 2. The van der Waals surface area contributed by atoms with E-state index in [2.05, 4.69) is 10.1 Å². The quantitative estimate of drug-likeness (QED) is 0.772. The number of piperazine rings is 1. The Balaban J connectivity index is 1.57. The number of nitrogens with one attached hydrogen (secondary N) is 1. The Kier molecular flexibility index (Phi) is 6.50. The molecule has 29 heavy (non-hydrogen) atoms. The summed E-state index contributed by atoms with van der Waals surface area (Å²) in [6, 6.07) is 4.12. The molecule has 2 saturated heterocycles. The van der Waals surface area contributed by atoms with Gasteiger partial charge in [-0.1, -0.05) is 12.1 Å². The molecule has 0 saturated carbocycles. The van der Waals surface area contributed by atoms with Crippen molar-refractivity contribution in [2.75, 3.05) is 44.6 Å². The van der Waals surface area contributed by atoms with Crippen LogP contribution in [-0.4, -0.2) is 78.4 Å². The lowest BCUT2D eigenvalue weighted by molar-refractivity contribution is -0.152. The van der Waals surface area contributed by atoms with Crippen molar-refractivity contribution in [2.24, 2.45) is 0 Å². The van der Waals surface area contributed by atoms with Crippen LogP contribution in [0.4, 0.5) is 19.3 Å². The summed E-state index contributed by atoms with van der Waals surface area (Å²) >= 11 is 0. The smallest absolute Gasteiger partial charge is 0.387 e. The summed E-state index contributed by atoms with van der Waals surface area (Å²) in [4.78, 5) is 41.7. The van der Waals surface area contributed by atoms with E-state index >= 15 is 0 Å². The zero-order valence-corrected chi connectivity index (χ0v) is 16.2. The van der Waals surface area contributed by atoms with Gasteiger partial charge in [-0.25, -0.2) is 4.79 Å². The SMILES string of the molecule is Cc1cccc(OC(F)F)c1NC(=O)N1CCN(C(=O)C(=O)N2CCCC2)CC1. The lowest BCUT2D eigenvalue weighted by Crippen LogP contribution is -2.54. The summed E-state index contributed by atoms with van der Waals surface area (Å²) in [5.74, 6) is -1.15. The first kappa shape index (κ1) is 20.8. The van der Waals surface area contributed by atoms with Gasteiger partial charge >= 0.3 is 24.5 Å². The third-order valence-corrected chi connectivity index (χ3v) is 5.11. The number of urea groups is 1. The summed E-state index contributed by atoms with van der Waals surface area (Å²) in [7, 11) is 0. The minimum Gasteiger partial charge on any atom is -0.433 e. The van der Waals surface area contributed by atoms with Crippen molar-refractivity contribution in [3.8, 4) is 5.75 Å². The molecule has 0 radical (unpaired) electrons. The lowest BCUT2D eigenvalue weighted by Gasteiger charge is -2.35. The Morgan fingerprint density at radius 1 is 0.931 bits per heavy atom. The van der Waals surface area contributed by atoms with Crippen LogP contribution in [0.3, 0.4) is 0 Å². The molecule has 0 unspecified atom stereocenters. The lowest BCUT2D eigenvalue weighted by atomic mass is 10.2. The number of carbonyl (C=O) groups is 3. The standard InChI is InChI=1S/C19H24F2N4O4/c1-13-5-4-6-14(29-18(20)21)15(13)22-19(28)25-11-9-24(10-12-25)17(27)16(26)23-7-2-3-8-23/h4-6,18H,2-3,7-12H2,1H3,(H,22,28). The Morgan fingerprint density at radius 3 is 2.07 bits per heavy atom. The molecule has 158 valence electrons. The first-order chi connectivity index (χ1) is 13.9. The molecule has 1 N–H and O–H groups in total. The highest BCUT2D eigenvalue weighted by molar-refractivity contribution is 6.35. The molecule has 2 heterocycles. The average Bonchev–Trinajstić information content (AvgIpc) is 3.24. The molecule has 10 heteroatoms. The van der Waals surface area contributed by atoms with Crippen LogP contribution in [0, 0.1) is 6.92 Å². The molecule has 0 aliphatic carbocycles. The maximum atomic E-state index is 12.6. The van der Waals surface area contributed by atoms with Gasteiger partial charge in [-0.15, -0.1) is 0 Å². The largest absolute Gasteiger partial charge is 0.433 e. The molecule has 2 aliphatic heterocycles. The van der Waals surface area contributed by atoms with Gasteiger partial charge in [0.25, 0.3) is 0 Å². The predicted molar refractivity (Wildman–Crippen MR) is 101 cm³/mol. The predicted octanol–water partition coefficient (Wildman–Crippen LogP) is 1.89. The van der Waals surface area contributed by atoms with E-state index in [0.29, 0.717) is 18.7 Å². The number of aryl methyl sites for hydroxylation is 1. The molecule has 2 fully saturated rings. The first-order valence-electron chi connectivity index (χ1n) is 9.55. The highest BCUT2D eigenvalue weighted by Crippen LogP contribution is 2.29. The zero-order valence-electron chi connectivity index (χ0n) is 16.2. The van der Waals surface area contributed by atoms with Gasteiger partial charge in [0.2, 0.25) is 0 Å². The van der Waals surface area contributed by atoms with Crippen LogP contribution in [0.15, 0.2) is 18.2 Å². The molecule has 0 bridgehead atoms. The van der Waals surface area contributed by atoms with Gasteiger partial charge < -0.3 is 24.8 Å². The van der Waals surface area contributed by atoms with Crippen LogP contribution in [0.25, 0.3) is 0 Å². The summed E-state index contributed by atoms with van der Waals surface area (Å²) in [6.45, 7) is 0.826. The number of halogens is 2. The Bertz CT molecular complexity index is 775. The van der Waals surface area contributed by atoms with Gasteiger partial charge in [0.05, 0.1) is 5.69 Å². The molecule has 0 spiro atoms. The second-order valence-corrected chi connectivity index (χ2v) is 7.04. The molecule has 1 aromatic carbocycles. The van der Waals surface area contributed by atoms with Crippen LogP contribution in [0.1, 0.15) is 18.4 Å². The minimum absolute atomic E-state index is 0.113. The second-order valence-electron chi connectivity index (χ2n) is 7.04. The summed E-state index contributed by atoms with van der Waals surface area (Å²) < 4.78 is 29.7. The van der Waals surface area contributed by atoms with E-state index < -0.39 is 24.5 Å². The summed E-state index contributed by atoms with van der Waals surface area (Å²) in [5, 5.41) is 2.62. The van der Waals surface area contributed by atoms with E-state index in [-0.39, 0.29) is 37.6 Å². The van der Waals surface area contributed by atoms with Crippen molar-refractivity contribution in [3.05, 3.63) is 23.8 Å². The van der Waals surface area contributed by atoms with Crippen LogP contribution in [0.5, 0.6) is 5.75 Å². The first-order valence-corrected chi connectivity index (χ1v) is 9.55. The van der Waals surface area contributed by atoms with E-state index in [1.54, 1.807) is 24.0 Å². The molecule has 4 amide bonds. The minimum atomic E-state index is -3.00. The van der Waals surface area contributed by atoms with Gasteiger partial charge in [0, 0.05) is 39.3 Å². The van der Waals surface area contributed by atoms with Gasteiger partial charge in [0.15, 0.2) is 0 Å². The fourth-order valence-electron chi connectivity index (χ4n) is 3.48. The Hall–Kier alpha value is -2.91. The maximum absolute atomic E-state index is 12.6. The van der Waals surface area contributed by atoms with Crippen molar-refractivity contribution in [1.82, 2.24) is 14.7 Å². The number of hydrogen-bond acceptors (Lipinski definition) is 4. The molecule has 3 rings (SSSR count). The van der Waals surface area contributed by atoms with Gasteiger partial charge in [-0.05, 0) is 31.4 Å². The van der Waals surface area contributed by atoms with Crippen molar-refractivity contribution in [3.63, 3.8) is 0 Å².